The minimum absolute atomic E-state index is 0.721. The first-order valence-corrected chi connectivity index (χ1v) is 10.8. The van der Waals surface area contributed by atoms with Crippen molar-refractivity contribution in [3.63, 3.8) is 0 Å². The minimum Gasteiger partial charge on any atom is -0.544 e. The van der Waals surface area contributed by atoms with Crippen LogP contribution in [0, 0.1) is 0 Å². The molecule has 0 spiro atoms. The van der Waals surface area contributed by atoms with Crippen molar-refractivity contribution in [3.8, 4) is 0 Å². The number of unbranched alkanes of at least 4 members (excludes halogenated alkanes) is 1. The fraction of sp³-hybridized carbons (Fsp3) is 0.471. The Kier molecular flexibility index (Phi) is 4.48. The molecule has 0 aliphatic heterocycles. The molecule has 108 valence electrons. The number of carbonyl (C=O) groups excluding carboxylic acids is 1. The molecule has 1 aliphatic carbocycles. The number of allylic oxidation sites excluding steroid dienone is 1. The summed E-state index contributed by atoms with van der Waals surface area (Å²) in [5.74, 6) is 0.830. The van der Waals surface area contributed by atoms with E-state index >= 15 is 0 Å². The number of aldehydes is 1. The van der Waals surface area contributed by atoms with Crippen LogP contribution in [0.2, 0.25) is 19.6 Å². The second kappa shape index (κ2) is 5.96. The molecule has 0 bridgehead atoms. The first-order chi connectivity index (χ1) is 9.44. The Morgan fingerprint density at radius 2 is 2.05 bits per heavy atom. The second-order valence-corrected chi connectivity index (χ2v) is 10.9. The average Bonchev–Trinajstić information content (AvgIpc) is 2.72. The number of fused-ring (bicyclic) bond motifs is 1. The Bertz CT molecular complexity index is 538. The fourth-order valence-electron chi connectivity index (χ4n) is 2.53. The summed E-state index contributed by atoms with van der Waals surface area (Å²) in [7, 11) is -1.70. The Morgan fingerprint density at radius 1 is 1.30 bits per heavy atom. The van der Waals surface area contributed by atoms with Crippen LogP contribution in [-0.2, 0) is 22.1 Å². The SMILES string of the molecule is CCCCc1ccc2c(c1)CC(C=O)=C2O[Si](C)(C)C. The number of rotatable bonds is 6. The van der Waals surface area contributed by atoms with Gasteiger partial charge in [-0.15, -0.1) is 0 Å². The summed E-state index contributed by atoms with van der Waals surface area (Å²) in [5.41, 5.74) is 4.53. The van der Waals surface area contributed by atoms with Gasteiger partial charge in [-0.05, 0) is 43.6 Å². The molecule has 3 heteroatoms. The van der Waals surface area contributed by atoms with Crippen LogP contribution in [0.25, 0.3) is 5.76 Å². The quantitative estimate of drug-likeness (QED) is 0.575. The lowest BCUT2D eigenvalue weighted by Crippen LogP contribution is -2.24. The van der Waals surface area contributed by atoms with Crippen LogP contribution in [0.3, 0.4) is 0 Å². The van der Waals surface area contributed by atoms with Gasteiger partial charge in [0.25, 0.3) is 0 Å². The van der Waals surface area contributed by atoms with Crippen molar-refractivity contribution < 1.29 is 9.22 Å². The summed E-state index contributed by atoms with van der Waals surface area (Å²) in [6, 6.07) is 6.55. The number of hydrogen-bond acceptors (Lipinski definition) is 2. The lowest BCUT2D eigenvalue weighted by Gasteiger charge is -2.21. The molecule has 0 amide bonds. The highest BCUT2D eigenvalue weighted by atomic mass is 28.4. The summed E-state index contributed by atoms with van der Waals surface area (Å²) in [6.07, 6.45) is 5.22. The lowest BCUT2D eigenvalue weighted by molar-refractivity contribution is -0.104. The molecule has 0 unspecified atom stereocenters. The van der Waals surface area contributed by atoms with Gasteiger partial charge < -0.3 is 4.43 Å². The number of carbonyl (C=O) groups is 1. The number of benzene rings is 1. The maximum absolute atomic E-state index is 11.3. The molecule has 0 atom stereocenters. The highest BCUT2D eigenvalue weighted by Gasteiger charge is 2.27. The minimum atomic E-state index is -1.70. The molecule has 0 heterocycles. The smallest absolute Gasteiger partial charge is 0.242 e. The van der Waals surface area contributed by atoms with E-state index in [1.165, 1.54) is 24.0 Å². The van der Waals surface area contributed by atoms with Crippen LogP contribution < -0.4 is 0 Å². The van der Waals surface area contributed by atoms with Crippen molar-refractivity contribution in [1.82, 2.24) is 0 Å². The molecular weight excluding hydrogens is 264 g/mol. The number of hydrogen-bond donors (Lipinski definition) is 0. The summed E-state index contributed by atoms with van der Waals surface area (Å²) in [5, 5.41) is 0. The standard InChI is InChI=1S/C17H24O2Si/c1-5-6-7-13-8-9-16-14(10-13)11-15(12-18)17(16)19-20(2,3)4/h8-10,12H,5-7,11H2,1-4H3. The van der Waals surface area contributed by atoms with Gasteiger partial charge in [-0.25, -0.2) is 0 Å². The Labute approximate surface area is 123 Å². The van der Waals surface area contributed by atoms with Crippen molar-refractivity contribution in [2.45, 2.75) is 52.2 Å². The largest absolute Gasteiger partial charge is 0.544 e. The summed E-state index contributed by atoms with van der Waals surface area (Å²) >= 11 is 0. The average molecular weight is 288 g/mol. The van der Waals surface area contributed by atoms with Crippen LogP contribution in [0.1, 0.15) is 36.5 Å². The van der Waals surface area contributed by atoms with Crippen LogP contribution in [-0.4, -0.2) is 14.6 Å². The zero-order valence-electron chi connectivity index (χ0n) is 13.0. The zero-order chi connectivity index (χ0) is 14.8. The highest BCUT2D eigenvalue weighted by molar-refractivity contribution is 6.70. The second-order valence-electron chi connectivity index (χ2n) is 6.46. The van der Waals surface area contributed by atoms with Gasteiger partial charge in [0.2, 0.25) is 8.32 Å². The van der Waals surface area contributed by atoms with Crippen LogP contribution in [0.15, 0.2) is 23.8 Å². The molecule has 0 saturated heterocycles. The van der Waals surface area contributed by atoms with E-state index in [0.717, 1.165) is 36.0 Å². The van der Waals surface area contributed by atoms with Crippen molar-refractivity contribution in [3.05, 3.63) is 40.5 Å². The molecule has 20 heavy (non-hydrogen) atoms. The van der Waals surface area contributed by atoms with Gasteiger partial charge in [-0.3, -0.25) is 4.79 Å². The predicted octanol–water partition coefficient (Wildman–Crippen LogP) is 4.35. The molecular formula is C17H24O2Si. The third kappa shape index (κ3) is 3.40. The first kappa shape index (κ1) is 15.0. The Hall–Kier alpha value is -1.35. The summed E-state index contributed by atoms with van der Waals surface area (Å²) in [4.78, 5) is 11.3. The Morgan fingerprint density at radius 3 is 2.65 bits per heavy atom. The topological polar surface area (TPSA) is 26.3 Å². The molecule has 0 saturated carbocycles. The predicted molar refractivity (Wildman–Crippen MR) is 86.2 cm³/mol. The monoisotopic (exact) mass is 288 g/mol. The fourth-order valence-corrected chi connectivity index (χ4v) is 3.38. The molecule has 0 radical (unpaired) electrons. The molecule has 0 fully saturated rings. The summed E-state index contributed by atoms with van der Waals surface area (Å²) < 4.78 is 6.14. The van der Waals surface area contributed by atoms with Gasteiger partial charge in [0.1, 0.15) is 12.0 Å². The normalized spacial score (nSPS) is 14.4. The van der Waals surface area contributed by atoms with E-state index in [2.05, 4.69) is 44.8 Å². The van der Waals surface area contributed by atoms with Crippen molar-refractivity contribution in [2.24, 2.45) is 0 Å². The van der Waals surface area contributed by atoms with Crippen molar-refractivity contribution in [1.29, 1.82) is 0 Å². The molecule has 1 aromatic rings. The zero-order valence-corrected chi connectivity index (χ0v) is 14.0. The maximum atomic E-state index is 11.3. The molecule has 2 rings (SSSR count). The third-order valence-electron chi connectivity index (χ3n) is 3.46. The van der Waals surface area contributed by atoms with Gasteiger partial charge in [0.15, 0.2) is 0 Å². The van der Waals surface area contributed by atoms with E-state index in [-0.39, 0.29) is 0 Å². The molecule has 0 aromatic heterocycles. The highest BCUT2D eigenvalue weighted by Crippen LogP contribution is 2.35. The lowest BCUT2D eigenvalue weighted by atomic mass is 10.0. The van der Waals surface area contributed by atoms with E-state index in [4.69, 9.17) is 4.43 Å². The van der Waals surface area contributed by atoms with Gasteiger partial charge in [-0.1, -0.05) is 31.5 Å². The van der Waals surface area contributed by atoms with Crippen molar-refractivity contribution >= 4 is 20.4 Å². The maximum Gasteiger partial charge on any atom is 0.242 e. The first-order valence-electron chi connectivity index (χ1n) is 7.44. The molecule has 1 aliphatic rings. The van der Waals surface area contributed by atoms with E-state index in [1.54, 1.807) is 0 Å². The molecule has 1 aromatic carbocycles. The van der Waals surface area contributed by atoms with Gasteiger partial charge in [-0.2, -0.15) is 0 Å². The molecule has 2 nitrogen and oxygen atoms in total. The van der Waals surface area contributed by atoms with E-state index in [1.807, 2.05) is 0 Å². The molecule has 0 N–H and O–H groups in total. The Balaban J connectivity index is 2.29. The van der Waals surface area contributed by atoms with Crippen LogP contribution >= 0.6 is 0 Å². The van der Waals surface area contributed by atoms with E-state index in [0.29, 0.717) is 0 Å². The number of aryl methyl sites for hydroxylation is 1. The van der Waals surface area contributed by atoms with Crippen molar-refractivity contribution in [2.75, 3.05) is 0 Å². The van der Waals surface area contributed by atoms with Gasteiger partial charge in [0.05, 0.1) is 0 Å². The van der Waals surface area contributed by atoms with E-state index in [9.17, 15) is 4.79 Å². The van der Waals surface area contributed by atoms with Crippen LogP contribution in [0.5, 0.6) is 0 Å². The van der Waals surface area contributed by atoms with Gasteiger partial charge in [0, 0.05) is 17.6 Å². The van der Waals surface area contributed by atoms with E-state index < -0.39 is 8.32 Å². The van der Waals surface area contributed by atoms with Crippen LogP contribution in [0.4, 0.5) is 0 Å². The van der Waals surface area contributed by atoms with Gasteiger partial charge >= 0.3 is 0 Å². The third-order valence-corrected chi connectivity index (χ3v) is 4.27. The summed E-state index contributed by atoms with van der Waals surface area (Å²) in [6.45, 7) is 8.65.